The number of hydrogen-bond acceptors (Lipinski definition) is 3. The monoisotopic (exact) mass is 439 g/mol. The smallest absolute Gasteiger partial charge is 0.125 e. The van der Waals surface area contributed by atoms with Crippen LogP contribution in [-0.2, 0) is 11.3 Å². The predicted molar refractivity (Wildman–Crippen MR) is 128 cm³/mol. The van der Waals surface area contributed by atoms with Crippen molar-refractivity contribution in [1.82, 2.24) is 5.32 Å². The molecule has 4 aromatic rings. The molecule has 1 unspecified atom stereocenters. The van der Waals surface area contributed by atoms with Crippen LogP contribution in [-0.4, -0.2) is 13.2 Å². The lowest BCUT2D eigenvalue weighted by Gasteiger charge is -2.23. The molecular weight excluding hydrogens is 413 g/mol. The van der Waals surface area contributed by atoms with Crippen molar-refractivity contribution in [2.24, 2.45) is 0 Å². The van der Waals surface area contributed by atoms with Crippen molar-refractivity contribution in [3.05, 3.63) is 137 Å². The van der Waals surface area contributed by atoms with Crippen LogP contribution >= 0.6 is 0 Å². The second-order valence-corrected chi connectivity index (χ2v) is 8.13. The van der Waals surface area contributed by atoms with Gasteiger partial charge >= 0.3 is 0 Å². The van der Waals surface area contributed by atoms with Crippen LogP contribution in [0.3, 0.4) is 0 Å². The quantitative estimate of drug-likeness (QED) is 0.348. The second-order valence-electron chi connectivity index (χ2n) is 8.13. The summed E-state index contributed by atoms with van der Waals surface area (Å²) in [4.78, 5) is 0. The molecule has 0 saturated heterocycles. The van der Waals surface area contributed by atoms with Gasteiger partial charge in [-0.05, 0) is 40.5 Å². The molecule has 5 rings (SSSR count). The normalized spacial score (nSPS) is 14.8. The van der Waals surface area contributed by atoms with Crippen LogP contribution < -0.4 is 10.1 Å². The summed E-state index contributed by atoms with van der Waals surface area (Å²) in [5.41, 5.74) is 5.24. The van der Waals surface area contributed by atoms with Crippen molar-refractivity contribution in [1.29, 1.82) is 0 Å². The van der Waals surface area contributed by atoms with Gasteiger partial charge in [-0.15, -0.1) is 0 Å². The van der Waals surface area contributed by atoms with Crippen LogP contribution in [0.5, 0.6) is 5.75 Å². The number of halogens is 1. The van der Waals surface area contributed by atoms with Crippen LogP contribution in [0.25, 0.3) is 0 Å². The Morgan fingerprint density at radius 1 is 0.818 bits per heavy atom. The van der Waals surface area contributed by atoms with Crippen molar-refractivity contribution >= 4 is 0 Å². The van der Waals surface area contributed by atoms with E-state index in [0.29, 0.717) is 25.5 Å². The Hall–Kier alpha value is -3.47. The molecule has 0 aromatic heterocycles. The van der Waals surface area contributed by atoms with Crippen molar-refractivity contribution in [2.45, 2.75) is 18.8 Å². The molecule has 0 radical (unpaired) electrons. The Balaban J connectivity index is 1.35. The Morgan fingerprint density at radius 2 is 1.48 bits per heavy atom. The van der Waals surface area contributed by atoms with Crippen molar-refractivity contribution in [2.75, 3.05) is 13.2 Å². The van der Waals surface area contributed by atoms with E-state index >= 15 is 0 Å². The fourth-order valence-corrected chi connectivity index (χ4v) is 4.39. The average molecular weight is 440 g/mol. The van der Waals surface area contributed by atoms with Gasteiger partial charge in [0.2, 0.25) is 0 Å². The Bertz CT molecular complexity index is 1160. The third-order valence-electron chi connectivity index (χ3n) is 5.97. The number of rotatable bonds is 7. The average Bonchev–Trinajstić information content (AvgIpc) is 3.02. The van der Waals surface area contributed by atoms with Crippen LogP contribution in [0.15, 0.2) is 103 Å². The highest BCUT2D eigenvalue weighted by molar-refractivity contribution is 5.46. The molecule has 1 aliphatic rings. The molecular formula is C29H26FNO2. The fraction of sp³-hybridized carbons (Fsp3) is 0.172. The topological polar surface area (TPSA) is 30.5 Å². The molecule has 0 aliphatic carbocycles. The summed E-state index contributed by atoms with van der Waals surface area (Å²) < 4.78 is 26.5. The highest BCUT2D eigenvalue weighted by Crippen LogP contribution is 2.36. The summed E-state index contributed by atoms with van der Waals surface area (Å²) >= 11 is 0. The molecule has 4 heteroatoms. The van der Waals surface area contributed by atoms with E-state index in [1.807, 2.05) is 48.5 Å². The molecule has 0 fully saturated rings. The number of nitrogens with one attached hydrogen (secondary N) is 1. The van der Waals surface area contributed by atoms with E-state index in [0.717, 1.165) is 27.8 Å². The number of hydrogen-bond donors (Lipinski definition) is 1. The van der Waals surface area contributed by atoms with Gasteiger partial charge in [0.1, 0.15) is 24.3 Å². The first-order chi connectivity index (χ1) is 16.3. The van der Waals surface area contributed by atoms with E-state index in [9.17, 15) is 4.39 Å². The first-order valence-electron chi connectivity index (χ1n) is 11.2. The summed E-state index contributed by atoms with van der Waals surface area (Å²) in [6, 6.07) is 33.2. The van der Waals surface area contributed by atoms with Gasteiger partial charge in [-0.1, -0.05) is 84.9 Å². The van der Waals surface area contributed by atoms with Crippen molar-refractivity contribution in [3.8, 4) is 5.75 Å². The van der Waals surface area contributed by atoms with Crippen LogP contribution in [0.1, 0.15) is 40.0 Å². The molecule has 0 amide bonds. The Morgan fingerprint density at radius 3 is 2.21 bits per heavy atom. The SMILES string of the molecule is Fc1ccc2c(c1)C(NCCOC(c1ccccc1)c1ccccc1)c1ccccc1CO2. The van der Waals surface area contributed by atoms with E-state index in [-0.39, 0.29) is 18.0 Å². The van der Waals surface area contributed by atoms with Gasteiger partial charge in [-0.25, -0.2) is 4.39 Å². The minimum atomic E-state index is -0.270. The molecule has 1 atom stereocenters. The number of fused-ring (bicyclic) bond motifs is 2. The Labute approximate surface area is 193 Å². The third-order valence-corrected chi connectivity index (χ3v) is 5.97. The van der Waals surface area contributed by atoms with Crippen LogP contribution in [0.4, 0.5) is 4.39 Å². The first-order valence-corrected chi connectivity index (χ1v) is 11.2. The van der Waals surface area contributed by atoms with Gasteiger partial charge in [0, 0.05) is 12.1 Å². The molecule has 33 heavy (non-hydrogen) atoms. The van der Waals surface area contributed by atoms with E-state index in [1.54, 1.807) is 12.1 Å². The molecule has 1 aliphatic heterocycles. The van der Waals surface area contributed by atoms with Gasteiger partial charge in [-0.2, -0.15) is 0 Å². The second kappa shape index (κ2) is 9.99. The lowest BCUT2D eigenvalue weighted by atomic mass is 9.95. The van der Waals surface area contributed by atoms with E-state index < -0.39 is 0 Å². The summed E-state index contributed by atoms with van der Waals surface area (Å²) in [7, 11) is 0. The standard InChI is InChI=1S/C29H26FNO2/c30-24-15-16-27-26(19-24)28(25-14-8-7-13-23(25)20-33-27)31-17-18-32-29(21-9-3-1-4-10-21)22-11-5-2-6-12-22/h1-16,19,28-29,31H,17-18,20H2. The van der Waals surface area contributed by atoms with Gasteiger partial charge in [0.05, 0.1) is 12.6 Å². The van der Waals surface area contributed by atoms with E-state index in [1.165, 1.54) is 6.07 Å². The maximum absolute atomic E-state index is 14.1. The van der Waals surface area contributed by atoms with Gasteiger partial charge < -0.3 is 14.8 Å². The molecule has 3 nitrogen and oxygen atoms in total. The summed E-state index contributed by atoms with van der Waals surface area (Å²) in [6.07, 6.45) is -0.149. The zero-order valence-electron chi connectivity index (χ0n) is 18.3. The minimum Gasteiger partial charge on any atom is -0.489 e. The molecule has 0 saturated carbocycles. The highest BCUT2D eigenvalue weighted by atomic mass is 19.1. The third kappa shape index (κ3) is 4.82. The zero-order chi connectivity index (χ0) is 22.5. The van der Waals surface area contributed by atoms with Crippen molar-refractivity contribution < 1.29 is 13.9 Å². The summed E-state index contributed by atoms with van der Waals surface area (Å²) in [5.74, 6) is 0.436. The molecule has 0 bridgehead atoms. The van der Waals surface area contributed by atoms with Crippen molar-refractivity contribution in [3.63, 3.8) is 0 Å². The van der Waals surface area contributed by atoms with Crippen LogP contribution in [0, 0.1) is 5.82 Å². The van der Waals surface area contributed by atoms with Gasteiger partial charge in [0.25, 0.3) is 0 Å². The van der Waals surface area contributed by atoms with Gasteiger partial charge in [0.15, 0.2) is 0 Å². The van der Waals surface area contributed by atoms with E-state index in [2.05, 4.69) is 41.7 Å². The molecule has 1 heterocycles. The molecule has 4 aromatic carbocycles. The lowest BCUT2D eigenvalue weighted by molar-refractivity contribution is 0.0811. The molecule has 0 spiro atoms. The summed E-state index contributed by atoms with van der Waals surface area (Å²) in [6.45, 7) is 1.57. The lowest BCUT2D eigenvalue weighted by Crippen LogP contribution is -2.27. The first kappa shape index (κ1) is 21.4. The molecule has 1 N–H and O–H groups in total. The summed E-state index contributed by atoms with van der Waals surface area (Å²) in [5, 5.41) is 3.59. The van der Waals surface area contributed by atoms with Gasteiger partial charge in [-0.3, -0.25) is 0 Å². The maximum Gasteiger partial charge on any atom is 0.125 e. The fourth-order valence-electron chi connectivity index (χ4n) is 4.39. The molecule has 166 valence electrons. The number of benzene rings is 4. The van der Waals surface area contributed by atoms with E-state index in [4.69, 9.17) is 9.47 Å². The van der Waals surface area contributed by atoms with Crippen LogP contribution in [0.2, 0.25) is 0 Å². The maximum atomic E-state index is 14.1. The highest BCUT2D eigenvalue weighted by Gasteiger charge is 2.25. The number of ether oxygens (including phenoxy) is 2. The Kier molecular flexibility index (Phi) is 6.47. The minimum absolute atomic E-state index is 0.149. The largest absolute Gasteiger partial charge is 0.489 e. The zero-order valence-corrected chi connectivity index (χ0v) is 18.3. The predicted octanol–water partition coefficient (Wildman–Crippen LogP) is 6.20.